The maximum atomic E-state index is 12.0. The Morgan fingerprint density at radius 1 is 1.41 bits per heavy atom. The number of aryl methyl sites for hydroxylation is 1. The Morgan fingerprint density at radius 3 is 2.68 bits per heavy atom. The second-order valence-corrected chi connectivity index (χ2v) is 7.86. The molecule has 0 spiro atoms. The van der Waals surface area contributed by atoms with Crippen molar-refractivity contribution in [1.82, 2.24) is 10.2 Å². The van der Waals surface area contributed by atoms with E-state index < -0.39 is 0 Å². The molecule has 0 aromatic carbocycles. The highest BCUT2D eigenvalue weighted by Crippen LogP contribution is 2.20. The van der Waals surface area contributed by atoms with Crippen LogP contribution in [0.5, 0.6) is 0 Å². The number of amides is 1. The number of morpholine rings is 1. The summed E-state index contributed by atoms with van der Waals surface area (Å²) in [6.45, 7) is 11.1. The molecular weight excluding hydrogens is 296 g/mol. The minimum absolute atomic E-state index is 0.0507. The van der Waals surface area contributed by atoms with Gasteiger partial charge in [0.15, 0.2) is 0 Å². The number of nitrogens with zero attached hydrogens (tertiary/aromatic N) is 1. The third-order valence-electron chi connectivity index (χ3n) is 4.17. The molecule has 2 atom stereocenters. The molecule has 5 heteroatoms. The van der Waals surface area contributed by atoms with Gasteiger partial charge in [0, 0.05) is 36.5 Å². The van der Waals surface area contributed by atoms with E-state index in [9.17, 15) is 4.79 Å². The van der Waals surface area contributed by atoms with Crippen LogP contribution in [0.4, 0.5) is 0 Å². The molecular formula is C17H28N2O2S. The van der Waals surface area contributed by atoms with Crippen LogP contribution in [0.2, 0.25) is 0 Å². The van der Waals surface area contributed by atoms with Crippen molar-refractivity contribution < 1.29 is 9.53 Å². The van der Waals surface area contributed by atoms with Crippen LogP contribution in [0, 0.1) is 0 Å². The molecule has 2 rings (SSSR count). The zero-order chi connectivity index (χ0) is 16.2. The van der Waals surface area contributed by atoms with Crippen LogP contribution in [-0.4, -0.2) is 48.2 Å². The average Bonchev–Trinajstić information content (AvgIpc) is 2.95. The van der Waals surface area contributed by atoms with E-state index in [1.54, 1.807) is 11.3 Å². The van der Waals surface area contributed by atoms with E-state index in [4.69, 9.17) is 4.74 Å². The molecule has 1 aliphatic rings. The first kappa shape index (κ1) is 17.4. The molecule has 1 saturated heterocycles. The Hall–Kier alpha value is -0.910. The van der Waals surface area contributed by atoms with Crippen LogP contribution < -0.4 is 5.32 Å². The van der Waals surface area contributed by atoms with Gasteiger partial charge in [-0.25, -0.2) is 0 Å². The van der Waals surface area contributed by atoms with Gasteiger partial charge in [0.2, 0.25) is 5.91 Å². The second kappa shape index (κ2) is 7.57. The van der Waals surface area contributed by atoms with E-state index in [1.165, 1.54) is 4.88 Å². The van der Waals surface area contributed by atoms with Crippen LogP contribution in [0.25, 0.3) is 0 Å². The molecule has 4 nitrogen and oxygen atoms in total. The lowest BCUT2D eigenvalue weighted by Crippen LogP contribution is -2.58. The monoisotopic (exact) mass is 324 g/mol. The van der Waals surface area contributed by atoms with Gasteiger partial charge in [-0.1, -0.05) is 6.07 Å². The van der Waals surface area contributed by atoms with Gasteiger partial charge in [-0.15, -0.1) is 11.3 Å². The van der Waals surface area contributed by atoms with Crippen molar-refractivity contribution in [1.29, 1.82) is 0 Å². The number of hydrogen-bond donors (Lipinski definition) is 1. The fourth-order valence-corrected chi connectivity index (χ4v) is 3.59. The van der Waals surface area contributed by atoms with Crippen molar-refractivity contribution in [3.63, 3.8) is 0 Å². The summed E-state index contributed by atoms with van der Waals surface area (Å²) in [7, 11) is 0. The number of ether oxygens (including phenoxy) is 1. The summed E-state index contributed by atoms with van der Waals surface area (Å²) in [6, 6.07) is 4.11. The van der Waals surface area contributed by atoms with Crippen LogP contribution in [0.3, 0.4) is 0 Å². The maximum absolute atomic E-state index is 12.0. The third kappa shape index (κ3) is 5.07. The zero-order valence-electron chi connectivity index (χ0n) is 14.1. The normalized spacial score (nSPS) is 23.5. The lowest BCUT2D eigenvalue weighted by atomic mass is 10.00. The molecule has 0 saturated carbocycles. The first-order valence-electron chi connectivity index (χ1n) is 8.06. The number of rotatable bonds is 6. The van der Waals surface area contributed by atoms with Gasteiger partial charge in [-0.05, 0) is 45.6 Å². The van der Waals surface area contributed by atoms with E-state index in [-0.39, 0.29) is 23.7 Å². The standard InChI is InChI=1S/C17H28N2O2S/c1-13-10-19(11-14(2)21-13)17(3,4)12-18-16(20)8-7-15-6-5-9-22-15/h5-6,9,13-14H,7-8,10-12H2,1-4H3,(H,18,20)/t13-,14+. The fourth-order valence-electron chi connectivity index (χ4n) is 2.88. The zero-order valence-corrected chi connectivity index (χ0v) is 14.9. The highest BCUT2D eigenvalue weighted by atomic mass is 32.1. The van der Waals surface area contributed by atoms with Crippen molar-refractivity contribution in [3.05, 3.63) is 22.4 Å². The van der Waals surface area contributed by atoms with E-state index in [1.807, 2.05) is 6.07 Å². The Labute approximate surface area is 137 Å². The van der Waals surface area contributed by atoms with Crippen molar-refractivity contribution >= 4 is 17.2 Å². The summed E-state index contributed by atoms with van der Waals surface area (Å²) in [5.41, 5.74) is -0.0507. The molecule has 1 aromatic heterocycles. The quantitative estimate of drug-likeness (QED) is 0.875. The minimum Gasteiger partial charge on any atom is -0.373 e. The molecule has 1 aliphatic heterocycles. The topological polar surface area (TPSA) is 41.6 Å². The van der Waals surface area contributed by atoms with Gasteiger partial charge in [-0.3, -0.25) is 9.69 Å². The number of carbonyl (C=O) groups excluding carboxylic acids is 1. The van der Waals surface area contributed by atoms with Crippen LogP contribution in [-0.2, 0) is 16.0 Å². The largest absolute Gasteiger partial charge is 0.373 e. The predicted octanol–water partition coefficient (Wildman–Crippen LogP) is 2.68. The Bertz CT molecular complexity index is 463. The molecule has 1 aromatic rings. The summed E-state index contributed by atoms with van der Waals surface area (Å²) in [5.74, 6) is 0.135. The molecule has 22 heavy (non-hydrogen) atoms. The number of carbonyl (C=O) groups is 1. The van der Waals surface area contributed by atoms with Crippen molar-refractivity contribution in [2.45, 2.75) is 58.3 Å². The average molecular weight is 324 g/mol. The second-order valence-electron chi connectivity index (χ2n) is 6.83. The molecule has 0 unspecified atom stereocenters. The molecule has 2 heterocycles. The van der Waals surface area contributed by atoms with Gasteiger partial charge in [0.05, 0.1) is 12.2 Å². The molecule has 124 valence electrons. The first-order chi connectivity index (χ1) is 10.4. The maximum Gasteiger partial charge on any atom is 0.220 e. The molecule has 0 bridgehead atoms. The predicted molar refractivity (Wildman–Crippen MR) is 91.3 cm³/mol. The Kier molecular flexibility index (Phi) is 6.01. The van der Waals surface area contributed by atoms with E-state index in [0.717, 1.165) is 19.5 Å². The van der Waals surface area contributed by atoms with Crippen LogP contribution >= 0.6 is 11.3 Å². The highest BCUT2D eigenvalue weighted by molar-refractivity contribution is 7.09. The summed E-state index contributed by atoms with van der Waals surface area (Å²) in [5, 5.41) is 5.15. The fraction of sp³-hybridized carbons (Fsp3) is 0.706. The summed E-state index contributed by atoms with van der Waals surface area (Å²) in [6.07, 6.45) is 1.89. The summed E-state index contributed by atoms with van der Waals surface area (Å²) >= 11 is 1.71. The number of hydrogen-bond acceptors (Lipinski definition) is 4. The summed E-state index contributed by atoms with van der Waals surface area (Å²) in [4.78, 5) is 15.7. The SMILES string of the molecule is C[C@@H]1CN(C(C)(C)CNC(=O)CCc2cccs2)C[C@H](C)O1. The molecule has 1 N–H and O–H groups in total. The van der Waals surface area contributed by atoms with E-state index in [0.29, 0.717) is 13.0 Å². The smallest absolute Gasteiger partial charge is 0.220 e. The first-order valence-corrected chi connectivity index (χ1v) is 8.94. The molecule has 0 aliphatic carbocycles. The van der Waals surface area contributed by atoms with Crippen molar-refractivity contribution in [2.75, 3.05) is 19.6 Å². The van der Waals surface area contributed by atoms with Gasteiger partial charge in [0.25, 0.3) is 0 Å². The van der Waals surface area contributed by atoms with E-state index >= 15 is 0 Å². The lowest BCUT2D eigenvalue weighted by Gasteiger charge is -2.45. The number of nitrogens with one attached hydrogen (secondary N) is 1. The lowest BCUT2D eigenvalue weighted by molar-refractivity contribution is -0.122. The number of thiophene rings is 1. The molecule has 1 amide bonds. The van der Waals surface area contributed by atoms with E-state index in [2.05, 4.69) is 49.4 Å². The van der Waals surface area contributed by atoms with Gasteiger partial charge < -0.3 is 10.1 Å². The Balaban J connectivity index is 1.77. The molecule has 0 radical (unpaired) electrons. The minimum atomic E-state index is -0.0507. The highest BCUT2D eigenvalue weighted by Gasteiger charge is 2.33. The van der Waals surface area contributed by atoms with Gasteiger partial charge >= 0.3 is 0 Å². The Morgan fingerprint density at radius 2 is 2.09 bits per heavy atom. The van der Waals surface area contributed by atoms with Crippen LogP contribution in [0.15, 0.2) is 17.5 Å². The van der Waals surface area contributed by atoms with Gasteiger partial charge in [0.1, 0.15) is 0 Å². The molecule has 1 fully saturated rings. The summed E-state index contributed by atoms with van der Waals surface area (Å²) < 4.78 is 5.79. The van der Waals surface area contributed by atoms with Crippen molar-refractivity contribution in [3.8, 4) is 0 Å². The van der Waals surface area contributed by atoms with Crippen molar-refractivity contribution in [2.24, 2.45) is 0 Å². The third-order valence-corrected chi connectivity index (χ3v) is 5.11. The van der Waals surface area contributed by atoms with Gasteiger partial charge in [-0.2, -0.15) is 0 Å². The van der Waals surface area contributed by atoms with Crippen LogP contribution in [0.1, 0.15) is 39.0 Å².